The summed E-state index contributed by atoms with van der Waals surface area (Å²) in [7, 11) is 0. The third kappa shape index (κ3) is 1.73. The van der Waals surface area contributed by atoms with Crippen LogP contribution in [0.4, 0.5) is 5.95 Å². The summed E-state index contributed by atoms with van der Waals surface area (Å²) in [4.78, 5) is 3.99. The van der Waals surface area contributed by atoms with Gasteiger partial charge >= 0.3 is 0 Å². The molecule has 0 radical (unpaired) electrons. The zero-order valence-electron chi connectivity index (χ0n) is 7.59. The molecule has 0 bridgehead atoms. The fraction of sp³-hybridized carbons (Fsp3) is 0.714. The molecule has 0 unspecified atom stereocenters. The summed E-state index contributed by atoms with van der Waals surface area (Å²) < 4.78 is 5.44. The Labute approximate surface area is 71.3 Å². The highest BCUT2D eigenvalue weighted by atomic mass is 16.5. The Morgan fingerprint density at radius 2 is 2.25 bits per heavy atom. The van der Waals surface area contributed by atoms with E-state index in [-0.39, 0.29) is 5.95 Å². The number of rotatable bonds is 3. The number of hydrogen-bond donors (Lipinski definition) is 2. The minimum atomic E-state index is -0.445. The SMILES string of the molecule is CCOC(C)(C)c1nc(N)n[nH]1. The normalized spacial score (nSPS) is 11.9. The van der Waals surface area contributed by atoms with Crippen LogP contribution in [0.3, 0.4) is 0 Å². The predicted molar refractivity (Wildman–Crippen MR) is 45.4 cm³/mol. The van der Waals surface area contributed by atoms with Crippen molar-refractivity contribution in [2.24, 2.45) is 0 Å². The molecular weight excluding hydrogens is 156 g/mol. The number of nitrogen functional groups attached to an aromatic ring is 1. The Morgan fingerprint density at radius 1 is 1.58 bits per heavy atom. The van der Waals surface area contributed by atoms with Gasteiger partial charge in [0.25, 0.3) is 0 Å². The van der Waals surface area contributed by atoms with E-state index in [9.17, 15) is 0 Å². The predicted octanol–water partition coefficient (Wildman–Crippen LogP) is 0.659. The van der Waals surface area contributed by atoms with E-state index in [1.807, 2.05) is 20.8 Å². The highest BCUT2D eigenvalue weighted by Gasteiger charge is 2.24. The lowest BCUT2D eigenvalue weighted by Crippen LogP contribution is -2.23. The van der Waals surface area contributed by atoms with Gasteiger partial charge in [-0.25, -0.2) is 0 Å². The first-order valence-corrected chi connectivity index (χ1v) is 3.88. The van der Waals surface area contributed by atoms with Crippen LogP contribution in [0, 0.1) is 0 Å². The number of aromatic nitrogens is 3. The van der Waals surface area contributed by atoms with Gasteiger partial charge in [-0.15, -0.1) is 5.10 Å². The molecule has 0 aliphatic carbocycles. The van der Waals surface area contributed by atoms with Crippen molar-refractivity contribution < 1.29 is 4.74 Å². The summed E-state index contributed by atoms with van der Waals surface area (Å²) in [6, 6.07) is 0. The number of anilines is 1. The quantitative estimate of drug-likeness (QED) is 0.698. The molecule has 0 saturated heterocycles. The van der Waals surface area contributed by atoms with Gasteiger partial charge in [-0.1, -0.05) is 0 Å². The van der Waals surface area contributed by atoms with E-state index in [0.717, 1.165) is 0 Å². The lowest BCUT2D eigenvalue weighted by molar-refractivity contribution is -0.0205. The molecule has 0 aliphatic rings. The third-order valence-corrected chi connectivity index (χ3v) is 1.58. The van der Waals surface area contributed by atoms with Crippen LogP contribution in [0.5, 0.6) is 0 Å². The van der Waals surface area contributed by atoms with Crippen molar-refractivity contribution in [1.82, 2.24) is 15.2 Å². The fourth-order valence-electron chi connectivity index (χ4n) is 0.973. The summed E-state index contributed by atoms with van der Waals surface area (Å²) in [5, 5.41) is 6.45. The zero-order valence-corrected chi connectivity index (χ0v) is 7.59. The number of H-pyrrole nitrogens is 1. The van der Waals surface area contributed by atoms with Crippen LogP contribution in [0.25, 0.3) is 0 Å². The molecule has 0 amide bonds. The maximum atomic E-state index is 5.44. The summed E-state index contributed by atoms with van der Waals surface area (Å²) in [6.07, 6.45) is 0. The largest absolute Gasteiger partial charge is 0.368 e. The smallest absolute Gasteiger partial charge is 0.239 e. The second-order valence-corrected chi connectivity index (χ2v) is 2.99. The maximum Gasteiger partial charge on any atom is 0.239 e. The molecule has 5 nitrogen and oxygen atoms in total. The molecule has 0 aromatic carbocycles. The average Bonchev–Trinajstić information content (AvgIpc) is 2.36. The Bertz CT molecular complexity index is 256. The minimum absolute atomic E-state index is 0.248. The molecule has 1 aromatic rings. The highest BCUT2D eigenvalue weighted by molar-refractivity contribution is 5.15. The lowest BCUT2D eigenvalue weighted by Gasteiger charge is -2.20. The van der Waals surface area contributed by atoms with Crippen molar-refractivity contribution in [1.29, 1.82) is 0 Å². The monoisotopic (exact) mass is 170 g/mol. The van der Waals surface area contributed by atoms with E-state index in [0.29, 0.717) is 12.4 Å². The number of aromatic amines is 1. The summed E-state index contributed by atoms with van der Waals surface area (Å²) in [6.45, 7) is 6.39. The van der Waals surface area contributed by atoms with Crippen molar-refractivity contribution >= 4 is 5.95 Å². The van der Waals surface area contributed by atoms with Gasteiger partial charge < -0.3 is 10.5 Å². The molecule has 0 spiro atoms. The minimum Gasteiger partial charge on any atom is -0.368 e. The van der Waals surface area contributed by atoms with Crippen molar-refractivity contribution in [2.75, 3.05) is 12.3 Å². The van der Waals surface area contributed by atoms with Crippen molar-refractivity contribution in [3.63, 3.8) is 0 Å². The molecule has 1 rings (SSSR count). The first kappa shape index (κ1) is 8.99. The number of ether oxygens (including phenoxy) is 1. The van der Waals surface area contributed by atoms with Crippen LogP contribution in [-0.4, -0.2) is 21.8 Å². The molecule has 0 fully saturated rings. The second kappa shape index (κ2) is 3.10. The zero-order chi connectivity index (χ0) is 9.19. The second-order valence-electron chi connectivity index (χ2n) is 2.99. The van der Waals surface area contributed by atoms with E-state index in [1.54, 1.807) is 0 Å². The van der Waals surface area contributed by atoms with Crippen LogP contribution in [0.15, 0.2) is 0 Å². The van der Waals surface area contributed by atoms with Crippen LogP contribution in [-0.2, 0) is 10.3 Å². The molecule has 1 aromatic heterocycles. The van der Waals surface area contributed by atoms with Crippen LogP contribution < -0.4 is 5.73 Å². The van der Waals surface area contributed by atoms with E-state index < -0.39 is 5.60 Å². The Balaban J connectivity index is 2.81. The van der Waals surface area contributed by atoms with Crippen molar-refractivity contribution in [3.05, 3.63) is 5.82 Å². The molecule has 0 aliphatic heterocycles. The summed E-state index contributed by atoms with van der Waals surface area (Å²) in [5.41, 5.74) is 4.92. The topological polar surface area (TPSA) is 76.8 Å². The molecule has 1 heterocycles. The third-order valence-electron chi connectivity index (χ3n) is 1.58. The molecule has 3 N–H and O–H groups in total. The molecule has 12 heavy (non-hydrogen) atoms. The Kier molecular flexibility index (Phi) is 2.32. The van der Waals surface area contributed by atoms with Gasteiger partial charge in [0.05, 0.1) is 0 Å². The maximum absolute atomic E-state index is 5.44. The first-order chi connectivity index (χ1) is 5.56. The highest BCUT2D eigenvalue weighted by Crippen LogP contribution is 2.20. The lowest BCUT2D eigenvalue weighted by atomic mass is 10.1. The average molecular weight is 170 g/mol. The van der Waals surface area contributed by atoms with Gasteiger partial charge in [0.2, 0.25) is 5.95 Å². The molecule has 0 saturated carbocycles. The van der Waals surface area contributed by atoms with Crippen LogP contribution in [0.1, 0.15) is 26.6 Å². The van der Waals surface area contributed by atoms with Gasteiger partial charge in [-0.3, -0.25) is 5.10 Å². The molecule has 5 heteroatoms. The van der Waals surface area contributed by atoms with Gasteiger partial charge in [-0.2, -0.15) is 4.98 Å². The number of nitrogens with one attached hydrogen (secondary N) is 1. The van der Waals surface area contributed by atoms with Gasteiger partial charge in [0.15, 0.2) is 5.82 Å². The van der Waals surface area contributed by atoms with E-state index in [4.69, 9.17) is 10.5 Å². The number of nitrogens with zero attached hydrogens (tertiary/aromatic N) is 2. The molecular formula is C7H14N4O. The Morgan fingerprint density at radius 3 is 2.67 bits per heavy atom. The van der Waals surface area contributed by atoms with E-state index in [2.05, 4.69) is 15.2 Å². The Hall–Kier alpha value is -1.10. The van der Waals surface area contributed by atoms with Gasteiger partial charge in [0, 0.05) is 6.61 Å². The fourth-order valence-corrected chi connectivity index (χ4v) is 0.973. The standard InChI is InChI=1S/C7H14N4O/c1-4-12-7(2,3)5-9-6(8)11-10-5/h4H2,1-3H3,(H3,8,9,10,11). The van der Waals surface area contributed by atoms with Crippen molar-refractivity contribution in [2.45, 2.75) is 26.4 Å². The first-order valence-electron chi connectivity index (χ1n) is 3.88. The van der Waals surface area contributed by atoms with Crippen LogP contribution >= 0.6 is 0 Å². The molecule has 68 valence electrons. The van der Waals surface area contributed by atoms with Gasteiger partial charge in [-0.05, 0) is 20.8 Å². The number of hydrogen-bond acceptors (Lipinski definition) is 4. The summed E-state index contributed by atoms with van der Waals surface area (Å²) in [5.74, 6) is 0.902. The number of nitrogens with two attached hydrogens (primary N) is 1. The van der Waals surface area contributed by atoms with Crippen molar-refractivity contribution in [3.8, 4) is 0 Å². The van der Waals surface area contributed by atoms with Gasteiger partial charge in [0.1, 0.15) is 5.60 Å². The van der Waals surface area contributed by atoms with E-state index in [1.165, 1.54) is 0 Å². The van der Waals surface area contributed by atoms with Crippen LogP contribution in [0.2, 0.25) is 0 Å². The van der Waals surface area contributed by atoms with E-state index >= 15 is 0 Å². The summed E-state index contributed by atoms with van der Waals surface area (Å²) >= 11 is 0. The molecule has 0 atom stereocenters.